The maximum Gasteiger partial charge on any atom is 0.226 e. The van der Waals surface area contributed by atoms with E-state index in [1.165, 1.54) is 54.9 Å². The fourth-order valence-electron chi connectivity index (χ4n) is 33.9. The number of rotatable bonds is 0. The monoisotopic (exact) mass is 2080 g/mol. The van der Waals surface area contributed by atoms with Crippen LogP contribution in [0.4, 0.5) is 0 Å². The van der Waals surface area contributed by atoms with Crippen LogP contribution in [0.25, 0.3) is 10.9 Å². The van der Waals surface area contributed by atoms with Crippen molar-refractivity contribution in [1.82, 2.24) is 10.3 Å². The molecule has 1 aliphatic heterocycles. The molecular weight excluding hydrogens is 1920 g/mol. The van der Waals surface area contributed by atoms with Gasteiger partial charge in [-0.1, -0.05) is 226 Å². The van der Waals surface area contributed by atoms with Crippen molar-refractivity contribution in [3.8, 4) is 80.1 Å². The van der Waals surface area contributed by atoms with Crippen LogP contribution in [-0.2, 0) is 61.3 Å². The van der Waals surface area contributed by atoms with Crippen molar-refractivity contribution >= 4 is 70.5 Å². The highest BCUT2D eigenvalue weighted by molar-refractivity contribution is 14.0. The number of terminal acetylenes is 6. The van der Waals surface area contributed by atoms with E-state index in [1.807, 2.05) is 66.1 Å². The van der Waals surface area contributed by atoms with Crippen LogP contribution in [0.5, 0.6) is 0 Å². The quantitative estimate of drug-likeness (QED) is 0.0620. The molecule has 18 heteroatoms. The third-order valence-corrected chi connectivity index (χ3v) is 41.1. The number of carbonyl (C=O) groups excluding carboxylic acids is 7. The Hall–Kier alpha value is -9.90. The summed E-state index contributed by atoms with van der Waals surface area (Å²) in [5, 5.41) is 36.3. The van der Waals surface area contributed by atoms with Gasteiger partial charge in [0.15, 0.2) is 40.5 Å². The standard InChI is InChI=1S/C21H22N2O2.C21H18N2O2.C21H24O4.C21H30O2.C19H24O2.C19H26O.5CH4.HI/c1-5-21-7-6-16-19(2,3)18-14(12-23-25-18)9-20(16,4)17(21)8-15-13(10-21)11-22-24-15;1-6-21-8-7-16-19(2,3)18(25)14(23-5)11-20(16,4)17(21)9-15(24)13(10-21)12-22;1-5-21-7-6-16-19(2,3)18(25)14(12-23)9-20(16,4)17(21)8-15(24)13(10-21)11-22;1-5-20-10-7-6-8-17(20)19(4)12-13-21(22-14-15-23-21)18(2,3)16(19)9-11-20;1-5-19-10-6-13(20)12-15(19)18(4)9-8-16(21)17(2,3)14(18)7-11-19;1-5-19-11-7-6-8-15(19)18(4)12-10-16(20)17(2,3)14(18)9-13-19;;;;;;/h1,8,11-12,16H,6-7,9-10H2,2-4H3;1,9-11,16H,7-8H2,2-4H3;1,8,11-12,16,22-23H,6-7,9-10H2,2-4H3;1,8,16H,6-7,9-15H2,2-4H3;1,12,14H,6-11H2,2-4H3;1,8,14H,6-7,9-13H2,2-4H3;5*1H4;1H/b;;13-11-,14-12-;;;;;;;;;/t3*16-,20-,21-;16-,19-,20+;2*14-,18-,19+;;;;;;/m000000....../s1. The predicted molar refractivity (Wildman–Crippen MR) is 586 cm³/mol. The number of halogens is 1. The maximum absolute atomic E-state index is 12.8. The van der Waals surface area contributed by atoms with Gasteiger partial charge >= 0.3 is 0 Å². The summed E-state index contributed by atoms with van der Waals surface area (Å²) in [5.74, 6) is 21.8. The second kappa shape index (κ2) is 40.2. The molecule has 1 spiro atoms. The van der Waals surface area contributed by atoms with E-state index < -0.39 is 32.5 Å². The largest absolute Gasteiger partial charge is 0.515 e. The van der Waals surface area contributed by atoms with Gasteiger partial charge in [-0.25, -0.2) is 4.85 Å². The zero-order valence-corrected chi connectivity index (χ0v) is 88.4. The number of fused-ring (bicyclic) bond motifs is 20. The van der Waals surface area contributed by atoms with Gasteiger partial charge in [0.2, 0.25) is 5.70 Å². The van der Waals surface area contributed by atoms with Gasteiger partial charge in [0.1, 0.15) is 23.4 Å². The molecule has 0 unspecified atom stereocenters. The Morgan fingerprint density at radius 2 is 0.862 bits per heavy atom. The number of allylic oxidation sites excluding steroid dienone is 17. The van der Waals surface area contributed by atoms with Gasteiger partial charge < -0.3 is 33.5 Å². The minimum atomic E-state index is -0.815. The Morgan fingerprint density at radius 1 is 0.421 bits per heavy atom. The number of carbonyl (C=O) groups is 7. The first-order chi connectivity index (χ1) is 65.3. The van der Waals surface area contributed by atoms with Crippen molar-refractivity contribution in [2.45, 2.75) is 366 Å². The highest BCUT2D eigenvalue weighted by Gasteiger charge is 2.70. The van der Waals surface area contributed by atoms with Crippen LogP contribution in [-0.4, -0.2) is 80.0 Å². The van der Waals surface area contributed by atoms with Gasteiger partial charge in [-0.2, -0.15) is 5.26 Å². The fraction of sp³-hybridized carbons (Fsp3) is 0.630. The molecule has 21 rings (SSSR count). The van der Waals surface area contributed by atoms with Crippen molar-refractivity contribution in [2.24, 2.45) is 128 Å². The van der Waals surface area contributed by atoms with Crippen LogP contribution < -0.4 is 0 Å². The fourth-order valence-corrected chi connectivity index (χ4v) is 33.9. The van der Waals surface area contributed by atoms with E-state index in [9.17, 15) is 49.0 Å². The van der Waals surface area contributed by atoms with E-state index >= 15 is 0 Å². The average Bonchev–Trinajstić information content (AvgIpc) is 1.48. The molecule has 778 valence electrons. The van der Waals surface area contributed by atoms with Crippen LogP contribution in [0.2, 0.25) is 0 Å². The average molecular weight is 2080 g/mol. The normalized spacial score (nSPS) is 38.0. The van der Waals surface area contributed by atoms with Crippen molar-refractivity contribution in [3.63, 3.8) is 0 Å². The molecule has 2 aromatic rings. The molecule has 18 aliphatic carbocycles. The third kappa shape index (κ3) is 17.4. The molecule has 17 nitrogen and oxygen atoms in total. The Balaban J connectivity index is 0.000000177. The van der Waals surface area contributed by atoms with Gasteiger partial charge in [-0.15, -0.1) is 62.5 Å². The molecule has 11 fully saturated rings. The van der Waals surface area contributed by atoms with E-state index in [1.54, 1.807) is 23.8 Å². The summed E-state index contributed by atoms with van der Waals surface area (Å²) in [4.78, 5) is 90.4. The molecule has 0 bridgehead atoms. The number of Topliss-reactive ketones (excluding diaryl/α,β-unsaturated/α-hetero) is 4. The van der Waals surface area contributed by atoms with Crippen LogP contribution in [0.15, 0.2) is 132 Å². The maximum atomic E-state index is 12.8. The van der Waals surface area contributed by atoms with Crippen molar-refractivity contribution < 1.29 is 62.3 Å². The number of ether oxygens (including phenoxy) is 2. The minimum Gasteiger partial charge on any atom is -0.515 e. The van der Waals surface area contributed by atoms with E-state index in [-0.39, 0.29) is 184 Å². The number of aliphatic hydroxyl groups excluding tert-OH is 2. The Bertz CT molecular complexity index is 6270. The summed E-state index contributed by atoms with van der Waals surface area (Å²) in [6, 6.07) is 1.93. The Kier molecular flexibility index (Phi) is 32.4. The van der Waals surface area contributed by atoms with Crippen molar-refractivity contribution in [2.75, 3.05) is 13.2 Å². The summed E-state index contributed by atoms with van der Waals surface area (Å²) in [7, 11) is 0. The molecule has 2 N–H and O–H groups in total. The smallest absolute Gasteiger partial charge is 0.226 e. The summed E-state index contributed by atoms with van der Waals surface area (Å²) < 4.78 is 23.6. The van der Waals surface area contributed by atoms with E-state index in [2.05, 4.69) is 152 Å². The molecule has 3 heterocycles. The highest BCUT2D eigenvalue weighted by atomic mass is 127. The summed E-state index contributed by atoms with van der Waals surface area (Å²) in [6.07, 6.45) is 84.0. The van der Waals surface area contributed by atoms with Crippen LogP contribution in [0, 0.1) is 220 Å². The molecule has 0 amide bonds. The van der Waals surface area contributed by atoms with Crippen LogP contribution in [0.3, 0.4) is 0 Å². The molecule has 1 saturated heterocycles. The third-order valence-electron chi connectivity index (χ3n) is 41.1. The summed E-state index contributed by atoms with van der Waals surface area (Å²) in [6.45, 7) is 47.6. The van der Waals surface area contributed by atoms with Gasteiger partial charge in [0, 0.05) is 85.9 Å². The molecule has 0 radical (unpaired) electrons. The topological polar surface area (TPSA) is 259 Å². The molecule has 0 aromatic carbocycles. The zero-order chi connectivity index (χ0) is 101. The molecule has 10 saturated carbocycles. The SMILES string of the molecule is C.C.C.C.C.C#C[C@@]12CC[C@H]3C(C)(C)C(=O)/C(=C\O)C[C@]3(C)C1=CC(=O)/C(=C\O)C2.C#C[C@@]12CC[C@H]3C(C)(C)c4oncc4C[C@]3(C)C1=Cc1oncc1C2.C#C[C@]12CCC(=O)C=C1[C@@]1(C)CCC(=O)C(C)(C)[C@@H]1CC2.C#C[C@]12CCCC=C1[C@@]1(C)CCC(=O)C(C)(C)[C@@H]1CC2.C#C[C@]12CCCC=C1[C@@]1(C)CCC3(OCCO3)C(C)(C)[C@@H]1CC2.I.[C-]#[N+]C1=C[C@]2(C)C3=CC(=O)C(C#N)=C[C@]3(C#C)CC[C@H]2C(C)(C)C1=O. The molecule has 19 aliphatic rings. The Morgan fingerprint density at radius 3 is 1.38 bits per heavy atom. The molecule has 18 atom stereocenters. The number of aromatic nitrogens is 2. The van der Waals surface area contributed by atoms with Gasteiger partial charge in [0.05, 0.1) is 82.8 Å². The van der Waals surface area contributed by atoms with Crippen molar-refractivity contribution in [3.05, 3.63) is 157 Å². The van der Waals surface area contributed by atoms with Gasteiger partial charge in [0.25, 0.3) is 0 Å². The summed E-state index contributed by atoms with van der Waals surface area (Å²) >= 11 is 0. The Labute approximate surface area is 886 Å². The van der Waals surface area contributed by atoms with Crippen LogP contribution >= 0.6 is 24.0 Å². The number of nitrogens with zero attached hydrogens (tertiary/aromatic N) is 4. The second-order valence-corrected chi connectivity index (χ2v) is 49.6. The first kappa shape index (κ1) is 117. The van der Waals surface area contributed by atoms with E-state index in [4.69, 9.17) is 63.6 Å². The number of ketones is 7. The lowest BCUT2D eigenvalue weighted by Gasteiger charge is -2.64. The summed E-state index contributed by atoms with van der Waals surface area (Å²) in [5.41, 5.74) is 5.68. The first-order valence-electron chi connectivity index (χ1n) is 51.3. The lowest BCUT2D eigenvalue weighted by molar-refractivity contribution is -0.284. The lowest BCUT2D eigenvalue weighted by atomic mass is 9.43. The lowest BCUT2D eigenvalue weighted by Crippen LogP contribution is -2.61. The first-order valence-corrected chi connectivity index (χ1v) is 51.3. The molecule has 2 aromatic heterocycles. The second-order valence-electron chi connectivity index (χ2n) is 49.6. The van der Waals surface area contributed by atoms with Crippen molar-refractivity contribution in [1.29, 1.82) is 5.26 Å². The highest BCUT2D eigenvalue weighted by Crippen LogP contribution is 2.74. The molecule has 145 heavy (non-hydrogen) atoms. The van der Waals surface area contributed by atoms with Gasteiger partial charge in [-0.3, -0.25) is 28.8 Å². The van der Waals surface area contributed by atoms with Crippen LogP contribution in [0.1, 0.15) is 364 Å². The number of nitriles is 1. The number of aliphatic hydroxyl groups is 2. The molecular formula is C127H165IN4O13. The number of hydrogen-bond acceptors (Lipinski definition) is 16. The predicted octanol–water partition coefficient (Wildman–Crippen LogP) is 28.1. The number of hydrogen-bond donors (Lipinski definition) is 2. The van der Waals surface area contributed by atoms with E-state index in [0.29, 0.717) is 91.3 Å². The minimum absolute atomic E-state index is 0. The van der Waals surface area contributed by atoms with Gasteiger partial charge in [-0.05, 0) is 293 Å². The zero-order valence-electron chi connectivity index (χ0n) is 86.1. The van der Waals surface area contributed by atoms with E-state index in [0.717, 1.165) is 175 Å².